The summed E-state index contributed by atoms with van der Waals surface area (Å²) in [6.07, 6.45) is 0. The van der Waals surface area contributed by atoms with Crippen molar-refractivity contribution in [1.29, 1.82) is 0 Å². The second-order valence-corrected chi connectivity index (χ2v) is 26.8. The maximum Gasteiger partial charge on any atom is 0.0541 e. The second kappa shape index (κ2) is 26.4. The van der Waals surface area contributed by atoms with E-state index in [2.05, 4.69) is 431 Å². The van der Waals surface area contributed by atoms with Crippen molar-refractivity contribution >= 4 is 88.5 Å². The standard InChI is InChI=1S/C100H68N4/c1-5-22-82(23-6-1)101(86-56-48-73(49-57-86)72-42-46-76(47-43-72)80-55-64-100-95(68-80)93-33-16-18-35-97(93)104(100)85-28-11-4-12-29-85)87-58-52-77(53-59-87)78-20-19-21-81(66-78)89-62-65-98(91-31-14-13-30-90(89)91)102(83-24-7-2-8-25-83)88-60-50-74(51-61-88)71-38-36-69(37-39-71)70-40-44-75(45-41-70)79-54-63-99-94(67-79)92-32-15-17-34-96(92)103(99)84-26-9-3-10-27-84/h1-68H. The Balaban J connectivity index is 0.560. The minimum absolute atomic E-state index is 1.08. The van der Waals surface area contributed by atoms with Crippen LogP contribution < -0.4 is 9.80 Å². The minimum Gasteiger partial charge on any atom is -0.311 e. The molecule has 104 heavy (non-hydrogen) atoms. The van der Waals surface area contributed by atoms with Gasteiger partial charge >= 0.3 is 0 Å². The zero-order chi connectivity index (χ0) is 68.9. The van der Waals surface area contributed by atoms with Crippen molar-refractivity contribution in [2.75, 3.05) is 9.80 Å². The molecule has 0 aliphatic rings. The van der Waals surface area contributed by atoms with Gasteiger partial charge in [0.25, 0.3) is 0 Å². The van der Waals surface area contributed by atoms with E-state index in [1.54, 1.807) is 0 Å². The molecule has 0 saturated carbocycles. The fourth-order valence-corrected chi connectivity index (χ4v) is 15.6. The van der Waals surface area contributed by atoms with E-state index in [1.807, 2.05) is 0 Å². The van der Waals surface area contributed by atoms with E-state index in [1.165, 1.54) is 121 Å². The summed E-state index contributed by atoms with van der Waals surface area (Å²) in [7, 11) is 0. The van der Waals surface area contributed by atoms with Gasteiger partial charge in [-0.15, -0.1) is 0 Å². The van der Waals surface area contributed by atoms with E-state index in [0.717, 1.165) is 56.4 Å². The molecule has 2 heterocycles. The molecule has 19 rings (SSSR count). The highest BCUT2D eigenvalue weighted by Crippen LogP contribution is 2.45. The molecule has 0 unspecified atom stereocenters. The van der Waals surface area contributed by atoms with Crippen LogP contribution in [-0.4, -0.2) is 9.13 Å². The van der Waals surface area contributed by atoms with Gasteiger partial charge in [-0.1, -0.05) is 279 Å². The summed E-state index contributed by atoms with van der Waals surface area (Å²) in [6, 6.07) is 150. The number of hydrogen-bond donors (Lipinski definition) is 0. The molecule has 4 nitrogen and oxygen atoms in total. The van der Waals surface area contributed by atoms with Crippen molar-refractivity contribution in [3.05, 3.63) is 413 Å². The molecule has 0 fully saturated rings. The van der Waals surface area contributed by atoms with E-state index >= 15 is 0 Å². The predicted molar refractivity (Wildman–Crippen MR) is 440 cm³/mol. The number of aromatic nitrogens is 2. The van der Waals surface area contributed by atoms with Crippen LogP contribution in [0.25, 0.3) is 144 Å². The Morgan fingerprint density at radius 3 is 0.865 bits per heavy atom. The molecule has 0 bridgehead atoms. The number of nitrogens with zero attached hydrogens (tertiary/aromatic N) is 4. The summed E-state index contributed by atoms with van der Waals surface area (Å²) in [5.74, 6) is 0. The Kier molecular flexibility index (Phi) is 15.5. The third-order valence-corrected chi connectivity index (χ3v) is 20.7. The maximum atomic E-state index is 2.39. The lowest BCUT2D eigenvalue weighted by molar-refractivity contribution is 1.18. The molecule has 17 aromatic carbocycles. The van der Waals surface area contributed by atoms with Gasteiger partial charge in [0.15, 0.2) is 0 Å². The quantitative estimate of drug-likeness (QED) is 0.102. The molecule has 2 aromatic heterocycles. The van der Waals surface area contributed by atoms with Gasteiger partial charge < -0.3 is 18.9 Å². The number of fused-ring (bicyclic) bond motifs is 7. The van der Waals surface area contributed by atoms with Crippen LogP contribution >= 0.6 is 0 Å². The lowest BCUT2D eigenvalue weighted by atomic mass is 9.94. The average Bonchev–Trinajstić information content (AvgIpc) is 1.02. The molecule has 0 spiro atoms. The van der Waals surface area contributed by atoms with E-state index in [0.29, 0.717) is 0 Å². The molecular formula is C100H68N4. The normalized spacial score (nSPS) is 11.5. The van der Waals surface area contributed by atoms with Crippen LogP contribution in [0.1, 0.15) is 0 Å². The van der Waals surface area contributed by atoms with Crippen molar-refractivity contribution in [3.8, 4) is 89.3 Å². The van der Waals surface area contributed by atoms with Gasteiger partial charge in [0.05, 0.1) is 27.8 Å². The van der Waals surface area contributed by atoms with Gasteiger partial charge in [-0.25, -0.2) is 0 Å². The van der Waals surface area contributed by atoms with Crippen LogP contribution in [-0.2, 0) is 0 Å². The van der Waals surface area contributed by atoms with Crippen molar-refractivity contribution in [2.45, 2.75) is 0 Å². The topological polar surface area (TPSA) is 16.3 Å². The number of anilines is 6. The Labute approximate surface area is 605 Å². The Morgan fingerprint density at radius 2 is 0.442 bits per heavy atom. The second-order valence-electron chi connectivity index (χ2n) is 26.8. The maximum absolute atomic E-state index is 2.39. The molecule has 0 amide bonds. The third-order valence-electron chi connectivity index (χ3n) is 20.7. The third kappa shape index (κ3) is 11.2. The molecule has 0 atom stereocenters. The van der Waals surface area contributed by atoms with Crippen LogP contribution in [0.15, 0.2) is 413 Å². The van der Waals surface area contributed by atoms with Gasteiger partial charge in [0, 0.05) is 66.7 Å². The number of benzene rings is 17. The summed E-state index contributed by atoms with van der Waals surface area (Å²) >= 11 is 0. The van der Waals surface area contributed by atoms with Crippen molar-refractivity contribution < 1.29 is 0 Å². The summed E-state index contributed by atoms with van der Waals surface area (Å²) in [5.41, 5.74) is 30.2. The molecule has 0 aliphatic carbocycles. The van der Waals surface area contributed by atoms with E-state index in [4.69, 9.17) is 0 Å². The lowest BCUT2D eigenvalue weighted by Gasteiger charge is -2.27. The highest BCUT2D eigenvalue weighted by molar-refractivity contribution is 6.12. The van der Waals surface area contributed by atoms with Crippen molar-refractivity contribution in [1.82, 2.24) is 9.13 Å². The average molecular weight is 1330 g/mol. The van der Waals surface area contributed by atoms with Gasteiger partial charge in [-0.2, -0.15) is 0 Å². The zero-order valence-corrected chi connectivity index (χ0v) is 57.0. The lowest BCUT2D eigenvalue weighted by Crippen LogP contribution is -2.10. The highest BCUT2D eigenvalue weighted by atomic mass is 15.1. The molecule has 4 heteroatoms. The molecule has 0 radical (unpaired) electrons. The summed E-state index contributed by atoms with van der Waals surface area (Å²) < 4.78 is 4.74. The van der Waals surface area contributed by atoms with Crippen LogP contribution in [0.3, 0.4) is 0 Å². The number of hydrogen-bond acceptors (Lipinski definition) is 2. The van der Waals surface area contributed by atoms with Crippen LogP contribution in [0.2, 0.25) is 0 Å². The fraction of sp³-hybridized carbons (Fsp3) is 0. The summed E-state index contributed by atoms with van der Waals surface area (Å²) in [4.78, 5) is 4.73. The van der Waals surface area contributed by atoms with Crippen LogP contribution in [0, 0.1) is 0 Å². The smallest absolute Gasteiger partial charge is 0.0541 e. The fourth-order valence-electron chi connectivity index (χ4n) is 15.6. The van der Waals surface area contributed by atoms with Crippen molar-refractivity contribution in [2.24, 2.45) is 0 Å². The first-order valence-electron chi connectivity index (χ1n) is 35.7. The molecule has 488 valence electrons. The molecule has 0 aliphatic heterocycles. The zero-order valence-electron chi connectivity index (χ0n) is 57.0. The number of rotatable bonds is 15. The molecular weight excluding hydrogens is 1260 g/mol. The monoisotopic (exact) mass is 1320 g/mol. The molecule has 19 aromatic rings. The Bertz CT molecular complexity index is 6320. The molecule has 0 N–H and O–H groups in total. The Hall–Kier alpha value is -13.8. The Morgan fingerprint density at radius 1 is 0.154 bits per heavy atom. The minimum atomic E-state index is 1.08. The van der Waals surface area contributed by atoms with Gasteiger partial charge in [-0.3, -0.25) is 0 Å². The van der Waals surface area contributed by atoms with E-state index in [-0.39, 0.29) is 0 Å². The highest BCUT2D eigenvalue weighted by Gasteiger charge is 2.21. The first kappa shape index (κ1) is 61.3. The largest absolute Gasteiger partial charge is 0.311 e. The van der Waals surface area contributed by atoms with Gasteiger partial charge in [0.2, 0.25) is 0 Å². The summed E-state index contributed by atoms with van der Waals surface area (Å²) in [6.45, 7) is 0. The van der Waals surface area contributed by atoms with Gasteiger partial charge in [0.1, 0.15) is 0 Å². The van der Waals surface area contributed by atoms with E-state index in [9.17, 15) is 0 Å². The van der Waals surface area contributed by atoms with Crippen molar-refractivity contribution in [3.63, 3.8) is 0 Å². The first-order valence-corrected chi connectivity index (χ1v) is 35.7. The van der Waals surface area contributed by atoms with Crippen LogP contribution in [0.4, 0.5) is 34.1 Å². The summed E-state index contributed by atoms with van der Waals surface area (Å²) in [5, 5.41) is 7.37. The SMILES string of the molecule is c1ccc(N(c2ccc(-c3ccc(-c4ccc5c(c4)c4ccccc4n5-c4ccccc4)cc3)cc2)c2ccc(-c3cccc(-c4ccc(N(c5ccccc5)c5ccc(-c6ccc(-c7ccc(-c8ccc9c(c8)c8ccccc8n9-c8ccccc8)cc7)cc6)cc5)c5ccccc45)c3)cc2)cc1. The van der Waals surface area contributed by atoms with Crippen LogP contribution in [0.5, 0.6) is 0 Å². The predicted octanol–water partition coefficient (Wildman–Crippen LogP) is 27.6. The number of para-hydroxylation sites is 6. The molecule has 0 saturated heterocycles. The first-order chi connectivity index (χ1) is 51.6. The van der Waals surface area contributed by atoms with E-state index < -0.39 is 0 Å². The van der Waals surface area contributed by atoms with Gasteiger partial charge in [-0.05, 0) is 217 Å².